The average molecular weight is 553 g/mol. The molecule has 3 amide bonds. The molecule has 218 valence electrons. The molecular formula is C30H44N6O4. The Kier molecular flexibility index (Phi) is 8.67. The van der Waals surface area contributed by atoms with E-state index >= 15 is 0 Å². The van der Waals surface area contributed by atoms with E-state index in [2.05, 4.69) is 31.4 Å². The fourth-order valence-electron chi connectivity index (χ4n) is 7.01. The summed E-state index contributed by atoms with van der Waals surface area (Å²) in [6.07, 6.45) is 6.03. The van der Waals surface area contributed by atoms with Crippen molar-refractivity contribution < 1.29 is 19.1 Å². The van der Waals surface area contributed by atoms with Crippen LogP contribution in [0.4, 0.5) is 5.69 Å². The highest BCUT2D eigenvalue weighted by atomic mass is 16.5. The van der Waals surface area contributed by atoms with Gasteiger partial charge in [-0.2, -0.15) is 0 Å². The number of benzene rings is 1. The van der Waals surface area contributed by atoms with E-state index in [1.807, 2.05) is 12.1 Å². The number of hydrogen-bond acceptors (Lipinski definition) is 8. The Morgan fingerprint density at radius 3 is 2.50 bits per heavy atom. The molecule has 5 heterocycles. The number of piperidine rings is 3. The highest BCUT2D eigenvalue weighted by Crippen LogP contribution is 2.31. The number of ether oxygens (including phenoxy) is 1. The predicted molar refractivity (Wildman–Crippen MR) is 152 cm³/mol. The van der Waals surface area contributed by atoms with Crippen LogP contribution in [-0.2, 0) is 20.9 Å². The summed E-state index contributed by atoms with van der Waals surface area (Å²) in [7, 11) is 0. The van der Waals surface area contributed by atoms with Gasteiger partial charge in [-0.15, -0.1) is 0 Å². The van der Waals surface area contributed by atoms with Crippen molar-refractivity contribution in [2.24, 2.45) is 5.92 Å². The SMILES string of the molecule is O=C1CCC(N2Cc3cc(N4CCN(CC5CCN(CCO[C@H]6CCCNC6)CC5)CC4)ccc3C2=O)C(=O)N1. The summed E-state index contributed by atoms with van der Waals surface area (Å²) >= 11 is 0. The topological polar surface area (TPSA) is 97.5 Å². The third-order valence-electron chi connectivity index (χ3n) is 9.48. The van der Waals surface area contributed by atoms with Gasteiger partial charge in [0.25, 0.3) is 5.91 Å². The van der Waals surface area contributed by atoms with E-state index in [0.29, 0.717) is 24.6 Å². The number of piperazine rings is 1. The second kappa shape index (κ2) is 12.5. The van der Waals surface area contributed by atoms with Crippen molar-refractivity contribution in [1.29, 1.82) is 0 Å². The van der Waals surface area contributed by atoms with Crippen LogP contribution in [0.1, 0.15) is 54.4 Å². The molecule has 40 heavy (non-hydrogen) atoms. The molecule has 2 N–H and O–H groups in total. The zero-order valence-corrected chi connectivity index (χ0v) is 23.6. The van der Waals surface area contributed by atoms with E-state index in [1.54, 1.807) is 4.90 Å². The summed E-state index contributed by atoms with van der Waals surface area (Å²) in [6, 6.07) is 5.52. The van der Waals surface area contributed by atoms with Gasteiger partial charge in [0.05, 0.1) is 12.7 Å². The monoisotopic (exact) mass is 552 g/mol. The first kappa shape index (κ1) is 27.6. The van der Waals surface area contributed by atoms with Crippen molar-refractivity contribution >= 4 is 23.4 Å². The van der Waals surface area contributed by atoms with E-state index in [0.717, 1.165) is 69.6 Å². The molecule has 10 nitrogen and oxygen atoms in total. The summed E-state index contributed by atoms with van der Waals surface area (Å²) in [5.41, 5.74) is 2.80. The van der Waals surface area contributed by atoms with Gasteiger partial charge in [-0.25, -0.2) is 0 Å². The number of nitrogens with one attached hydrogen (secondary N) is 2. The van der Waals surface area contributed by atoms with Crippen LogP contribution >= 0.6 is 0 Å². The minimum atomic E-state index is -0.566. The van der Waals surface area contributed by atoms with Crippen molar-refractivity contribution in [3.05, 3.63) is 29.3 Å². The molecule has 0 aliphatic carbocycles. The fourth-order valence-corrected chi connectivity index (χ4v) is 7.01. The first-order valence-corrected chi connectivity index (χ1v) is 15.3. The van der Waals surface area contributed by atoms with Crippen LogP contribution in [-0.4, -0.2) is 117 Å². The molecule has 4 fully saturated rings. The molecular weight excluding hydrogens is 508 g/mol. The molecule has 1 unspecified atom stereocenters. The quantitative estimate of drug-likeness (QED) is 0.462. The third-order valence-corrected chi connectivity index (χ3v) is 9.48. The number of nitrogens with zero attached hydrogens (tertiary/aromatic N) is 4. The Morgan fingerprint density at radius 1 is 0.925 bits per heavy atom. The van der Waals surface area contributed by atoms with E-state index < -0.39 is 6.04 Å². The van der Waals surface area contributed by atoms with Crippen molar-refractivity contribution in [2.45, 2.75) is 57.2 Å². The third kappa shape index (κ3) is 6.35. The molecule has 2 atom stereocenters. The van der Waals surface area contributed by atoms with E-state index in [-0.39, 0.29) is 24.1 Å². The van der Waals surface area contributed by atoms with Gasteiger partial charge in [0, 0.05) is 70.0 Å². The van der Waals surface area contributed by atoms with Crippen molar-refractivity contribution in [3.8, 4) is 0 Å². The second-order valence-corrected chi connectivity index (χ2v) is 12.2. The van der Waals surface area contributed by atoms with Crippen LogP contribution in [0.5, 0.6) is 0 Å². The largest absolute Gasteiger partial charge is 0.376 e. The van der Waals surface area contributed by atoms with Gasteiger partial charge in [-0.3, -0.25) is 24.6 Å². The van der Waals surface area contributed by atoms with Crippen molar-refractivity contribution in [1.82, 2.24) is 25.3 Å². The lowest BCUT2D eigenvalue weighted by Gasteiger charge is -2.39. The smallest absolute Gasteiger partial charge is 0.255 e. The van der Waals surface area contributed by atoms with Crippen molar-refractivity contribution in [2.75, 3.05) is 77.0 Å². The molecule has 5 aliphatic rings. The Hall–Kier alpha value is -2.53. The molecule has 0 radical (unpaired) electrons. The molecule has 5 aliphatic heterocycles. The summed E-state index contributed by atoms with van der Waals surface area (Å²) in [5, 5.41) is 5.80. The highest BCUT2D eigenvalue weighted by molar-refractivity contribution is 6.05. The normalized spacial score (nSPS) is 27.2. The first-order valence-electron chi connectivity index (χ1n) is 15.3. The summed E-state index contributed by atoms with van der Waals surface area (Å²) in [4.78, 5) is 46.1. The van der Waals surface area contributed by atoms with Crippen LogP contribution in [0, 0.1) is 5.92 Å². The Balaban J connectivity index is 0.926. The Morgan fingerprint density at radius 2 is 1.75 bits per heavy atom. The standard InChI is InChI=1S/C30H44N6O4/c37-28-6-5-27(29(38)32-28)36-21-23-18-24(3-4-26(23)30(36)39)35-14-12-34(13-15-35)20-22-7-10-33(11-8-22)16-17-40-25-2-1-9-31-19-25/h3-4,18,22,25,27,31H,1-2,5-17,19-21H2,(H,32,37,38)/t25-,27?/m0/s1. The van der Waals surface area contributed by atoms with Gasteiger partial charge < -0.3 is 24.8 Å². The van der Waals surface area contributed by atoms with Gasteiger partial charge in [-0.1, -0.05) is 0 Å². The Bertz CT molecular complexity index is 1080. The number of fused-ring (bicyclic) bond motifs is 1. The maximum atomic E-state index is 13.0. The lowest BCUT2D eigenvalue weighted by Crippen LogP contribution is -2.52. The average Bonchev–Trinajstić information content (AvgIpc) is 3.30. The maximum absolute atomic E-state index is 13.0. The van der Waals surface area contributed by atoms with Gasteiger partial charge >= 0.3 is 0 Å². The highest BCUT2D eigenvalue weighted by Gasteiger charge is 2.39. The minimum absolute atomic E-state index is 0.110. The van der Waals surface area contributed by atoms with Crippen LogP contribution in [0.15, 0.2) is 18.2 Å². The number of carbonyl (C=O) groups excluding carboxylic acids is 3. The number of hydrogen-bond donors (Lipinski definition) is 2. The van der Waals surface area contributed by atoms with Gasteiger partial charge in [-0.05, 0) is 81.4 Å². The number of anilines is 1. The number of rotatable bonds is 8. The number of likely N-dealkylation sites (tertiary alicyclic amines) is 1. The minimum Gasteiger partial charge on any atom is -0.376 e. The van der Waals surface area contributed by atoms with E-state index in [4.69, 9.17) is 4.74 Å². The van der Waals surface area contributed by atoms with Crippen LogP contribution in [0.3, 0.4) is 0 Å². The molecule has 0 spiro atoms. The van der Waals surface area contributed by atoms with Crippen LogP contribution in [0.2, 0.25) is 0 Å². The molecule has 0 saturated carbocycles. The molecule has 0 bridgehead atoms. The lowest BCUT2D eigenvalue weighted by molar-refractivity contribution is -0.136. The van der Waals surface area contributed by atoms with Crippen LogP contribution in [0.25, 0.3) is 0 Å². The second-order valence-electron chi connectivity index (χ2n) is 12.2. The summed E-state index contributed by atoms with van der Waals surface area (Å²) < 4.78 is 6.09. The van der Waals surface area contributed by atoms with Gasteiger partial charge in [0.1, 0.15) is 6.04 Å². The van der Waals surface area contributed by atoms with Gasteiger partial charge in [0.2, 0.25) is 11.8 Å². The summed E-state index contributed by atoms with van der Waals surface area (Å²) in [5.74, 6) is 0.0444. The fraction of sp³-hybridized carbons (Fsp3) is 0.700. The zero-order chi connectivity index (χ0) is 27.5. The lowest BCUT2D eigenvalue weighted by atomic mass is 9.96. The van der Waals surface area contributed by atoms with E-state index in [9.17, 15) is 14.4 Å². The maximum Gasteiger partial charge on any atom is 0.255 e. The number of imide groups is 1. The van der Waals surface area contributed by atoms with Crippen LogP contribution < -0.4 is 15.5 Å². The molecule has 10 heteroatoms. The van der Waals surface area contributed by atoms with Gasteiger partial charge in [0.15, 0.2) is 0 Å². The molecule has 0 aromatic heterocycles. The molecule has 6 rings (SSSR count). The molecule has 4 saturated heterocycles. The molecule has 1 aromatic rings. The zero-order valence-electron chi connectivity index (χ0n) is 23.6. The molecule has 1 aromatic carbocycles. The summed E-state index contributed by atoms with van der Waals surface area (Å²) in [6.45, 7) is 12.1. The first-order chi connectivity index (χ1) is 19.5. The number of amides is 3. The van der Waals surface area contributed by atoms with E-state index in [1.165, 1.54) is 45.3 Å². The Labute approximate surface area is 237 Å². The predicted octanol–water partition coefficient (Wildman–Crippen LogP) is 1.05. The number of carbonyl (C=O) groups is 3. The van der Waals surface area contributed by atoms with Crippen molar-refractivity contribution in [3.63, 3.8) is 0 Å².